The van der Waals surface area contributed by atoms with E-state index in [0.717, 1.165) is 5.56 Å². The van der Waals surface area contributed by atoms with Crippen LogP contribution in [0.2, 0.25) is 5.02 Å². The molecule has 0 fully saturated rings. The highest BCUT2D eigenvalue weighted by molar-refractivity contribution is 6.30. The summed E-state index contributed by atoms with van der Waals surface area (Å²) in [5.74, 6) is 0.277. The van der Waals surface area contributed by atoms with Crippen LogP contribution >= 0.6 is 11.6 Å². The fourth-order valence-electron chi connectivity index (χ4n) is 1.84. The zero-order valence-electron chi connectivity index (χ0n) is 12.8. The summed E-state index contributed by atoms with van der Waals surface area (Å²) in [4.78, 5) is 12.0. The SMILES string of the molecule is Cc1cc(Cl)ccc1O[C@@H](C)C(=O)N/N=C/c1ccccc1O. The van der Waals surface area contributed by atoms with Gasteiger partial charge in [0.15, 0.2) is 6.10 Å². The van der Waals surface area contributed by atoms with E-state index in [1.807, 2.05) is 6.92 Å². The number of hydrogen-bond donors (Lipinski definition) is 2. The van der Waals surface area contributed by atoms with E-state index in [2.05, 4.69) is 10.5 Å². The Morgan fingerprint density at radius 2 is 2.09 bits per heavy atom. The Hall–Kier alpha value is -2.53. The smallest absolute Gasteiger partial charge is 0.280 e. The van der Waals surface area contributed by atoms with Crippen LogP contribution in [0.1, 0.15) is 18.1 Å². The van der Waals surface area contributed by atoms with Crippen LogP contribution in [0.4, 0.5) is 0 Å². The van der Waals surface area contributed by atoms with Crippen LogP contribution in [-0.2, 0) is 4.79 Å². The van der Waals surface area contributed by atoms with E-state index >= 15 is 0 Å². The molecular formula is C17H17ClN2O3. The van der Waals surface area contributed by atoms with Gasteiger partial charge in [-0.25, -0.2) is 5.43 Å². The largest absolute Gasteiger partial charge is 0.507 e. The van der Waals surface area contributed by atoms with Gasteiger partial charge >= 0.3 is 0 Å². The first-order valence-corrected chi connectivity index (χ1v) is 7.39. The number of hydrogen-bond acceptors (Lipinski definition) is 4. The summed E-state index contributed by atoms with van der Waals surface area (Å²) < 4.78 is 5.59. The van der Waals surface area contributed by atoms with Gasteiger partial charge in [-0.3, -0.25) is 4.79 Å². The number of halogens is 1. The summed E-state index contributed by atoms with van der Waals surface area (Å²) in [6.07, 6.45) is 0.643. The minimum atomic E-state index is -0.726. The van der Waals surface area contributed by atoms with E-state index < -0.39 is 12.0 Å². The summed E-state index contributed by atoms with van der Waals surface area (Å²) in [6.45, 7) is 3.47. The number of amides is 1. The number of carbonyl (C=O) groups excluding carboxylic acids is 1. The summed E-state index contributed by atoms with van der Waals surface area (Å²) >= 11 is 5.88. The number of ether oxygens (including phenoxy) is 1. The number of aryl methyl sites for hydroxylation is 1. The summed E-state index contributed by atoms with van der Waals surface area (Å²) in [5.41, 5.74) is 3.73. The van der Waals surface area contributed by atoms with Gasteiger partial charge in [-0.05, 0) is 49.7 Å². The first-order valence-electron chi connectivity index (χ1n) is 7.01. The second kappa shape index (κ2) is 7.65. The maximum Gasteiger partial charge on any atom is 0.280 e. The van der Waals surface area contributed by atoms with Crippen molar-refractivity contribution >= 4 is 23.7 Å². The average molecular weight is 333 g/mol. The van der Waals surface area contributed by atoms with Crippen LogP contribution in [0.15, 0.2) is 47.6 Å². The summed E-state index contributed by atoms with van der Waals surface area (Å²) in [7, 11) is 0. The molecule has 120 valence electrons. The van der Waals surface area contributed by atoms with Crippen molar-refractivity contribution in [3.05, 3.63) is 58.6 Å². The van der Waals surface area contributed by atoms with Crippen molar-refractivity contribution in [1.29, 1.82) is 0 Å². The molecule has 1 amide bonds. The van der Waals surface area contributed by atoms with Crippen molar-refractivity contribution < 1.29 is 14.6 Å². The molecule has 0 aromatic heterocycles. The van der Waals surface area contributed by atoms with Crippen molar-refractivity contribution in [3.63, 3.8) is 0 Å². The summed E-state index contributed by atoms with van der Waals surface area (Å²) in [6, 6.07) is 11.9. The van der Waals surface area contributed by atoms with Gasteiger partial charge < -0.3 is 9.84 Å². The third-order valence-electron chi connectivity index (χ3n) is 3.13. The predicted molar refractivity (Wildman–Crippen MR) is 90.1 cm³/mol. The lowest BCUT2D eigenvalue weighted by Crippen LogP contribution is -2.33. The summed E-state index contributed by atoms with van der Waals surface area (Å²) in [5, 5.41) is 14.0. The van der Waals surface area contributed by atoms with Gasteiger partial charge in [0.05, 0.1) is 6.21 Å². The van der Waals surface area contributed by atoms with Gasteiger partial charge in [0, 0.05) is 10.6 Å². The van der Waals surface area contributed by atoms with Gasteiger partial charge in [0.1, 0.15) is 11.5 Å². The number of nitrogens with zero attached hydrogens (tertiary/aromatic N) is 1. The molecule has 0 heterocycles. The zero-order valence-corrected chi connectivity index (χ0v) is 13.5. The Morgan fingerprint density at radius 1 is 1.35 bits per heavy atom. The van der Waals surface area contributed by atoms with Crippen LogP contribution in [0.25, 0.3) is 0 Å². The third kappa shape index (κ3) is 4.72. The number of carbonyl (C=O) groups is 1. The monoisotopic (exact) mass is 332 g/mol. The molecule has 1 atom stereocenters. The maximum atomic E-state index is 12.0. The number of benzene rings is 2. The van der Waals surface area contributed by atoms with Crippen LogP contribution in [0.5, 0.6) is 11.5 Å². The predicted octanol–water partition coefficient (Wildman–Crippen LogP) is 3.27. The van der Waals surface area contributed by atoms with Crippen molar-refractivity contribution in [2.24, 2.45) is 5.10 Å². The van der Waals surface area contributed by atoms with Gasteiger partial charge in [0.2, 0.25) is 0 Å². The lowest BCUT2D eigenvalue weighted by molar-refractivity contribution is -0.127. The van der Waals surface area contributed by atoms with Crippen LogP contribution in [0, 0.1) is 6.92 Å². The molecule has 0 saturated carbocycles. The Kier molecular flexibility index (Phi) is 5.60. The second-order valence-electron chi connectivity index (χ2n) is 4.96. The topological polar surface area (TPSA) is 70.9 Å². The molecule has 0 spiro atoms. The normalized spacial score (nSPS) is 12.1. The molecule has 2 aromatic rings. The van der Waals surface area contributed by atoms with Gasteiger partial charge in [0.25, 0.3) is 5.91 Å². The molecule has 23 heavy (non-hydrogen) atoms. The number of phenolic OH excluding ortho intramolecular Hbond substituents is 1. The standard InChI is InChI=1S/C17H17ClN2O3/c1-11-9-14(18)7-8-16(11)23-12(2)17(22)20-19-10-13-5-3-4-6-15(13)21/h3-10,12,21H,1-2H3,(H,20,22)/b19-10+/t12-/m0/s1. The first kappa shape index (κ1) is 16.8. The number of para-hydroxylation sites is 1. The fourth-order valence-corrected chi connectivity index (χ4v) is 2.07. The van der Waals surface area contributed by atoms with Gasteiger partial charge in [-0.2, -0.15) is 5.10 Å². The minimum absolute atomic E-state index is 0.0894. The molecular weight excluding hydrogens is 316 g/mol. The Morgan fingerprint density at radius 3 is 2.78 bits per heavy atom. The van der Waals surface area contributed by atoms with E-state index in [1.54, 1.807) is 43.3 Å². The molecule has 2 N–H and O–H groups in total. The Labute approximate surface area is 139 Å². The lowest BCUT2D eigenvalue weighted by atomic mass is 10.2. The quantitative estimate of drug-likeness (QED) is 0.652. The highest BCUT2D eigenvalue weighted by Crippen LogP contribution is 2.22. The van der Waals surface area contributed by atoms with Crippen molar-refractivity contribution in [3.8, 4) is 11.5 Å². The molecule has 0 aliphatic heterocycles. The molecule has 0 unspecified atom stereocenters. The van der Waals surface area contributed by atoms with E-state index in [0.29, 0.717) is 16.3 Å². The number of aromatic hydroxyl groups is 1. The Bertz CT molecular complexity index is 732. The highest BCUT2D eigenvalue weighted by atomic mass is 35.5. The molecule has 5 nitrogen and oxygen atoms in total. The number of nitrogens with one attached hydrogen (secondary N) is 1. The second-order valence-corrected chi connectivity index (χ2v) is 5.40. The molecule has 0 aliphatic carbocycles. The Balaban J connectivity index is 1.94. The van der Waals surface area contributed by atoms with E-state index in [4.69, 9.17) is 16.3 Å². The molecule has 6 heteroatoms. The average Bonchev–Trinajstić information content (AvgIpc) is 2.51. The van der Waals surface area contributed by atoms with Crippen LogP contribution < -0.4 is 10.2 Å². The van der Waals surface area contributed by atoms with Crippen molar-refractivity contribution in [2.75, 3.05) is 0 Å². The van der Waals surface area contributed by atoms with Crippen LogP contribution in [-0.4, -0.2) is 23.3 Å². The fraction of sp³-hybridized carbons (Fsp3) is 0.176. The van der Waals surface area contributed by atoms with Crippen molar-refractivity contribution in [2.45, 2.75) is 20.0 Å². The maximum absolute atomic E-state index is 12.0. The number of phenols is 1. The molecule has 0 saturated heterocycles. The highest BCUT2D eigenvalue weighted by Gasteiger charge is 2.15. The first-order chi connectivity index (χ1) is 11.0. The van der Waals surface area contributed by atoms with Crippen LogP contribution in [0.3, 0.4) is 0 Å². The van der Waals surface area contributed by atoms with E-state index in [1.165, 1.54) is 12.3 Å². The molecule has 0 bridgehead atoms. The molecule has 0 aliphatic rings. The molecule has 2 aromatic carbocycles. The van der Waals surface area contributed by atoms with E-state index in [9.17, 15) is 9.90 Å². The van der Waals surface area contributed by atoms with E-state index in [-0.39, 0.29) is 5.75 Å². The van der Waals surface area contributed by atoms with Gasteiger partial charge in [-0.1, -0.05) is 23.7 Å². The zero-order chi connectivity index (χ0) is 16.8. The lowest BCUT2D eigenvalue weighted by Gasteiger charge is -2.14. The van der Waals surface area contributed by atoms with Crippen molar-refractivity contribution in [1.82, 2.24) is 5.43 Å². The molecule has 0 radical (unpaired) electrons. The number of rotatable bonds is 5. The van der Waals surface area contributed by atoms with Gasteiger partial charge in [-0.15, -0.1) is 0 Å². The number of hydrazone groups is 1. The third-order valence-corrected chi connectivity index (χ3v) is 3.36. The molecule has 2 rings (SSSR count). The minimum Gasteiger partial charge on any atom is -0.507 e.